The van der Waals surface area contributed by atoms with Crippen molar-refractivity contribution in [1.29, 1.82) is 0 Å². The second-order valence-corrected chi connectivity index (χ2v) is 12.5. The fourth-order valence-electron chi connectivity index (χ4n) is 0.910. The van der Waals surface area contributed by atoms with Gasteiger partial charge in [0.1, 0.15) is 0 Å². The van der Waals surface area contributed by atoms with E-state index in [1.165, 1.54) is 0 Å². The van der Waals surface area contributed by atoms with Gasteiger partial charge >= 0.3 is 15.3 Å². The summed E-state index contributed by atoms with van der Waals surface area (Å²) in [7, 11) is -1.82. The Hall–Kier alpha value is -0.273. The Balaban J connectivity index is 5.60. The molecule has 1 N–H and O–H groups in total. The third-order valence-corrected chi connectivity index (χ3v) is 11.1. The van der Waals surface area contributed by atoms with E-state index in [2.05, 4.69) is 0 Å². The quantitative estimate of drug-likeness (QED) is 0.619. The number of carboxylic acid groups (broad SMARTS) is 1. The zero-order chi connectivity index (χ0) is 12.7. The highest BCUT2D eigenvalue weighted by molar-refractivity contribution is 8.13. The van der Waals surface area contributed by atoms with Gasteiger partial charge in [0.2, 0.25) is 0 Å². The lowest BCUT2D eigenvalue weighted by molar-refractivity contribution is 0.185. The summed E-state index contributed by atoms with van der Waals surface area (Å²) in [5.41, 5.74) is 0. The molecule has 0 saturated carbocycles. The fraction of sp³-hybridized carbons (Fsp3) is 0.857. The molecule has 0 aromatic heterocycles. The summed E-state index contributed by atoms with van der Waals surface area (Å²) in [6, 6.07) is 0. The second-order valence-electron chi connectivity index (χ2n) is 4.80. The largest absolute Gasteiger partial charge is 0.465 e. The standard InChI is InChI=1S/C7H16ClNO4SSi/c1-7(2,3)15(4,5)9(6(10)11)14(8,12)13/h1-5H3,(H,10,11). The van der Waals surface area contributed by atoms with E-state index >= 15 is 0 Å². The number of hydrogen-bond acceptors (Lipinski definition) is 3. The summed E-state index contributed by atoms with van der Waals surface area (Å²) in [6.07, 6.45) is -1.52. The minimum Gasteiger partial charge on any atom is -0.465 e. The van der Waals surface area contributed by atoms with Crippen LogP contribution >= 0.6 is 10.7 Å². The van der Waals surface area contributed by atoms with Crippen molar-refractivity contribution in [2.45, 2.75) is 38.9 Å². The first-order chi connectivity index (χ1) is 6.32. The van der Waals surface area contributed by atoms with Crippen molar-refractivity contribution in [2.24, 2.45) is 0 Å². The molecule has 0 fully saturated rings. The molecule has 0 aliphatic heterocycles. The number of amides is 1. The minimum absolute atomic E-state index is 0.418. The van der Waals surface area contributed by atoms with Crippen molar-refractivity contribution in [3.63, 3.8) is 0 Å². The van der Waals surface area contributed by atoms with E-state index in [4.69, 9.17) is 15.8 Å². The van der Waals surface area contributed by atoms with Gasteiger partial charge in [-0.15, -0.1) is 0 Å². The lowest BCUT2D eigenvalue weighted by Crippen LogP contribution is -2.58. The van der Waals surface area contributed by atoms with E-state index in [1.807, 2.05) is 0 Å². The summed E-state index contributed by atoms with van der Waals surface area (Å²) in [6.45, 7) is 8.72. The molecule has 0 aliphatic rings. The second kappa shape index (κ2) is 3.95. The third kappa shape index (κ3) is 3.09. The van der Waals surface area contributed by atoms with Crippen molar-refractivity contribution in [1.82, 2.24) is 3.97 Å². The molecule has 5 nitrogen and oxygen atoms in total. The van der Waals surface area contributed by atoms with Crippen LogP contribution in [0.5, 0.6) is 0 Å². The summed E-state index contributed by atoms with van der Waals surface area (Å²) in [5.74, 6) is 0. The first kappa shape index (κ1) is 14.7. The number of rotatable bonds is 2. The highest BCUT2D eigenvalue weighted by atomic mass is 35.7. The minimum atomic E-state index is -4.24. The molecule has 0 radical (unpaired) electrons. The molecule has 90 valence electrons. The van der Waals surface area contributed by atoms with Crippen LogP contribution in [0.3, 0.4) is 0 Å². The van der Waals surface area contributed by atoms with E-state index in [-0.39, 0.29) is 0 Å². The zero-order valence-corrected chi connectivity index (χ0v) is 12.0. The Bertz CT molecular complexity index is 360. The molecule has 8 heteroatoms. The Morgan fingerprint density at radius 1 is 1.33 bits per heavy atom. The van der Waals surface area contributed by atoms with Crippen LogP contribution in [0, 0.1) is 0 Å². The number of carbonyl (C=O) groups is 1. The van der Waals surface area contributed by atoms with Crippen molar-refractivity contribution in [3.8, 4) is 0 Å². The van der Waals surface area contributed by atoms with Crippen LogP contribution in [0.25, 0.3) is 0 Å². The van der Waals surface area contributed by atoms with Gasteiger partial charge in [-0.25, -0.2) is 8.77 Å². The molecular formula is C7H16ClNO4SSi. The van der Waals surface area contributed by atoms with Crippen molar-refractivity contribution in [3.05, 3.63) is 0 Å². The zero-order valence-electron chi connectivity index (χ0n) is 9.41. The SMILES string of the molecule is CC(C)(C)[Si](C)(C)N(C(=O)O)S(=O)(=O)Cl. The molecule has 0 atom stereocenters. The molecule has 1 amide bonds. The Kier molecular flexibility index (Phi) is 3.88. The van der Waals surface area contributed by atoms with E-state index in [1.54, 1.807) is 33.9 Å². The molecule has 0 aromatic rings. The summed E-state index contributed by atoms with van der Waals surface area (Å²) in [5, 5.41) is 8.48. The highest BCUT2D eigenvalue weighted by Gasteiger charge is 2.49. The topological polar surface area (TPSA) is 74.7 Å². The van der Waals surface area contributed by atoms with Crippen LogP contribution in [-0.4, -0.2) is 31.8 Å². The Labute approximate surface area is 95.7 Å². The molecule has 0 rings (SSSR count). The van der Waals surface area contributed by atoms with Gasteiger partial charge < -0.3 is 5.11 Å². The predicted molar refractivity (Wildman–Crippen MR) is 61.8 cm³/mol. The molecule has 0 unspecified atom stereocenters. The maximum absolute atomic E-state index is 11.2. The smallest absolute Gasteiger partial charge is 0.413 e. The van der Waals surface area contributed by atoms with Crippen LogP contribution in [0.1, 0.15) is 20.8 Å². The number of halogens is 1. The maximum atomic E-state index is 11.2. The van der Waals surface area contributed by atoms with Gasteiger partial charge in [0, 0.05) is 10.7 Å². The molecule has 0 saturated heterocycles. The van der Waals surface area contributed by atoms with Gasteiger partial charge in [0.25, 0.3) is 0 Å². The van der Waals surface area contributed by atoms with Crippen molar-refractivity contribution in [2.75, 3.05) is 0 Å². The summed E-state index contributed by atoms with van der Waals surface area (Å²) in [4.78, 5) is 10.9. The van der Waals surface area contributed by atoms with Crippen LogP contribution in [0.4, 0.5) is 4.79 Å². The monoisotopic (exact) mass is 273 g/mol. The predicted octanol–water partition coefficient (Wildman–Crippen LogP) is 2.46. The normalized spacial score (nSPS) is 13.7. The lowest BCUT2D eigenvalue weighted by Gasteiger charge is -2.41. The van der Waals surface area contributed by atoms with Crippen molar-refractivity contribution < 1.29 is 18.3 Å². The molecular weight excluding hydrogens is 258 g/mol. The highest BCUT2D eigenvalue weighted by Crippen LogP contribution is 2.40. The Morgan fingerprint density at radius 2 is 1.67 bits per heavy atom. The van der Waals surface area contributed by atoms with Crippen LogP contribution < -0.4 is 0 Å². The molecule has 0 aliphatic carbocycles. The van der Waals surface area contributed by atoms with E-state index in [0.717, 1.165) is 0 Å². The van der Waals surface area contributed by atoms with Gasteiger partial charge in [-0.3, -0.25) is 0 Å². The van der Waals surface area contributed by atoms with Crippen LogP contribution in [0.15, 0.2) is 0 Å². The summed E-state index contributed by atoms with van der Waals surface area (Å²) < 4.78 is 22.8. The van der Waals surface area contributed by atoms with Gasteiger partial charge in [-0.2, -0.15) is 8.42 Å². The number of hydrogen-bond donors (Lipinski definition) is 1. The van der Waals surface area contributed by atoms with E-state index in [9.17, 15) is 13.2 Å². The molecule has 15 heavy (non-hydrogen) atoms. The van der Waals surface area contributed by atoms with Gasteiger partial charge in [-0.1, -0.05) is 20.8 Å². The van der Waals surface area contributed by atoms with E-state index < -0.39 is 28.6 Å². The first-order valence-corrected chi connectivity index (χ1v) is 9.51. The average Bonchev–Trinajstić information content (AvgIpc) is 1.76. The average molecular weight is 274 g/mol. The first-order valence-electron chi connectivity index (χ1n) is 4.30. The van der Waals surface area contributed by atoms with Crippen LogP contribution in [0.2, 0.25) is 18.1 Å². The van der Waals surface area contributed by atoms with Gasteiger partial charge in [-0.05, 0) is 18.1 Å². The number of nitrogens with zero attached hydrogens (tertiary/aromatic N) is 1. The molecule has 0 heterocycles. The van der Waals surface area contributed by atoms with Gasteiger partial charge in [0.05, 0.1) is 0 Å². The lowest BCUT2D eigenvalue weighted by atomic mass is 10.2. The third-order valence-electron chi connectivity index (χ3n) is 2.73. The Morgan fingerprint density at radius 3 is 1.73 bits per heavy atom. The molecule has 0 aromatic carbocycles. The fourth-order valence-corrected chi connectivity index (χ4v) is 6.92. The van der Waals surface area contributed by atoms with E-state index in [0.29, 0.717) is 3.97 Å². The summed E-state index contributed by atoms with van der Waals surface area (Å²) >= 11 is 0. The van der Waals surface area contributed by atoms with Crippen molar-refractivity contribution >= 4 is 34.2 Å². The van der Waals surface area contributed by atoms with Crippen LogP contribution in [-0.2, 0) is 9.24 Å². The maximum Gasteiger partial charge on any atom is 0.413 e. The molecule has 0 spiro atoms. The molecule has 0 bridgehead atoms. The van der Waals surface area contributed by atoms with Gasteiger partial charge in [0.15, 0.2) is 8.24 Å².